The largest absolute Gasteiger partial charge is 2.00 e. The molecule has 3 N–H and O–H groups in total. The van der Waals surface area contributed by atoms with Crippen molar-refractivity contribution in [2.75, 3.05) is 7.11 Å². The van der Waals surface area contributed by atoms with E-state index in [-0.39, 0.29) is 25.0 Å². The molecule has 7 heteroatoms. The van der Waals surface area contributed by atoms with Gasteiger partial charge in [-0.1, -0.05) is 0 Å². The van der Waals surface area contributed by atoms with Crippen LogP contribution in [0.25, 0.3) is 0 Å². The van der Waals surface area contributed by atoms with Crippen molar-refractivity contribution in [1.82, 2.24) is 0 Å². The molecule has 0 heterocycles. The second kappa shape index (κ2) is 31.4. The molecule has 0 aliphatic carbocycles. The van der Waals surface area contributed by atoms with E-state index >= 15 is 0 Å². The van der Waals surface area contributed by atoms with Crippen molar-refractivity contribution in [2.45, 2.75) is 13.8 Å². The van der Waals surface area contributed by atoms with E-state index in [2.05, 4.69) is 0 Å². The Balaban J connectivity index is -0.0000000198. The van der Waals surface area contributed by atoms with Crippen molar-refractivity contribution in [3.8, 4) is 0 Å². The zero-order chi connectivity index (χ0) is 9.15. The molecule has 0 aliphatic rings. The van der Waals surface area contributed by atoms with Crippen molar-refractivity contribution in [3.05, 3.63) is 0 Å². The number of aliphatic hydroxyl groups excluding tert-OH is 1. The quantitative estimate of drug-likeness (QED) is 0.430. The van der Waals surface area contributed by atoms with Crippen LogP contribution in [-0.4, -0.2) is 29.6 Å². The van der Waals surface area contributed by atoms with Gasteiger partial charge in [-0.05, 0) is 13.8 Å². The summed E-state index contributed by atoms with van der Waals surface area (Å²) in [5.41, 5.74) is 0. The van der Waals surface area contributed by atoms with Crippen molar-refractivity contribution < 1.29 is 49.9 Å². The molecule has 0 rings (SSSR count). The normalized spacial score (nSPS) is 4.67. The number of aliphatic hydroxyl groups is 1. The van der Waals surface area contributed by atoms with E-state index in [0.717, 1.165) is 21.0 Å². The van der Waals surface area contributed by atoms with Gasteiger partial charge in [-0.15, -0.1) is 0 Å². The molecule has 70 valence electrons. The molecule has 0 aromatic carbocycles. The van der Waals surface area contributed by atoms with Crippen LogP contribution in [0.5, 0.6) is 0 Å². The Morgan fingerprint density at radius 3 is 1.00 bits per heavy atom. The molecule has 0 bridgehead atoms. The van der Waals surface area contributed by atoms with Gasteiger partial charge < -0.3 is 30.4 Å². The van der Waals surface area contributed by atoms with Gasteiger partial charge in [-0.25, -0.2) is 0 Å². The van der Waals surface area contributed by atoms with Gasteiger partial charge in [0.15, 0.2) is 0 Å². The van der Waals surface area contributed by atoms with E-state index in [1.165, 1.54) is 0 Å². The number of carbonyl (C=O) groups is 2. The zero-order valence-corrected chi connectivity index (χ0v) is 10.3. The molecule has 12 heavy (non-hydrogen) atoms. The van der Waals surface area contributed by atoms with E-state index in [1.807, 2.05) is 0 Å². The average Bonchev–Trinajstić information content (AvgIpc) is 1.66. The zero-order valence-electron chi connectivity index (χ0n) is 7.29. The second-order valence-corrected chi connectivity index (χ2v) is 0.983. The molecule has 0 aromatic rings. The first-order valence-electron chi connectivity index (χ1n) is 2.26. The summed E-state index contributed by atoms with van der Waals surface area (Å²) >= 11 is 0. The summed E-state index contributed by atoms with van der Waals surface area (Å²) in [7, 11) is 1.00. The van der Waals surface area contributed by atoms with Gasteiger partial charge in [0.2, 0.25) is 0 Å². The minimum Gasteiger partial charge on any atom is -0.550 e. The number of aliphatic carboxylic acids is 2. The molecular formula is C5H12O6Zn. The van der Waals surface area contributed by atoms with Gasteiger partial charge in [0.05, 0.1) is 0 Å². The molecule has 0 fully saturated rings. The SMILES string of the molecule is CC(=O)[O-].CC(=O)[O-].CO.O.[Zn+2]. The minimum absolute atomic E-state index is 0. The fourth-order valence-electron chi connectivity index (χ4n) is 0. The van der Waals surface area contributed by atoms with Gasteiger partial charge in [0, 0.05) is 19.0 Å². The van der Waals surface area contributed by atoms with Crippen LogP contribution in [0.3, 0.4) is 0 Å². The molecule has 0 aromatic heterocycles. The Bertz CT molecular complexity index is 73.9. The smallest absolute Gasteiger partial charge is 0.550 e. The predicted molar refractivity (Wildman–Crippen MR) is 33.1 cm³/mol. The maximum Gasteiger partial charge on any atom is 2.00 e. The van der Waals surface area contributed by atoms with Crippen molar-refractivity contribution in [3.63, 3.8) is 0 Å². The summed E-state index contributed by atoms with van der Waals surface area (Å²) in [6, 6.07) is 0. The van der Waals surface area contributed by atoms with Crippen molar-refractivity contribution in [2.24, 2.45) is 0 Å². The van der Waals surface area contributed by atoms with Gasteiger partial charge in [0.25, 0.3) is 0 Å². The first kappa shape index (κ1) is 30.0. The van der Waals surface area contributed by atoms with E-state index < -0.39 is 11.9 Å². The predicted octanol–water partition coefficient (Wildman–Crippen LogP) is -3.71. The summed E-state index contributed by atoms with van der Waals surface area (Å²) < 4.78 is 0. The first-order valence-corrected chi connectivity index (χ1v) is 2.26. The molecule has 0 spiro atoms. The van der Waals surface area contributed by atoms with Crippen LogP contribution >= 0.6 is 0 Å². The van der Waals surface area contributed by atoms with Gasteiger partial charge in [-0.2, -0.15) is 0 Å². The molecule has 0 radical (unpaired) electrons. The Hall–Kier alpha value is -0.517. The van der Waals surface area contributed by atoms with Crippen molar-refractivity contribution in [1.29, 1.82) is 0 Å². The maximum absolute atomic E-state index is 8.89. The molecule has 0 saturated carbocycles. The first-order chi connectivity index (χ1) is 4.46. The summed E-state index contributed by atoms with van der Waals surface area (Å²) in [5, 5.41) is 24.8. The average molecular weight is 234 g/mol. The summed E-state index contributed by atoms with van der Waals surface area (Å²) in [6.07, 6.45) is 0. The van der Waals surface area contributed by atoms with E-state index in [0.29, 0.717) is 0 Å². The van der Waals surface area contributed by atoms with E-state index in [4.69, 9.17) is 24.9 Å². The number of hydrogen-bond donors (Lipinski definition) is 1. The summed E-state index contributed by atoms with van der Waals surface area (Å²) in [4.78, 5) is 17.8. The molecule has 6 nitrogen and oxygen atoms in total. The number of hydrogen-bond acceptors (Lipinski definition) is 5. The summed E-state index contributed by atoms with van der Waals surface area (Å²) in [6.45, 7) is 1.94. The van der Waals surface area contributed by atoms with Crippen LogP contribution < -0.4 is 10.2 Å². The molecule has 0 unspecified atom stereocenters. The number of carboxylic acids is 2. The fraction of sp³-hybridized carbons (Fsp3) is 0.600. The fourth-order valence-corrected chi connectivity index (χ4v) is 0. The van der Waals surface area contributed by atoms with Crippen LogP contribution in [0.2, 0.25) is 0 Å². The monoisotopic (exact) mass is 232 g/mol. The number of carboxylic acid groups (broad SMARTS) is 2. The van der Waals surface area contributed by atoms with Crippen molar-refractivity contribution >= 4 is 11.9 Å². The Labute approximate surface area is 83.3 Å². The van der Waals surface area contributed by atoms with Gasteiger partial charge in [0.1, 0.15) is 0 Å². The van der Waals surface area contributed by atoms with Crippen LogP contribution in [0.4, 0.5) is 0 Å². The van der Waals surface area contributed by atoms with Gasteiger partial charge >= 0.3 is 19.5 Å². The minimum atomic E-state index is -1.08. The topological polar surface area (TPSA) is 132 Å². The van der Waals surface area contributed by atoms with Crippen LogP contribution in [0.15, 0.2) is 0 Å². The number of carbonyl (C=O) groups excluding carboxylic acids is 2. The van der Waals surface area contributed by atoms with E-state index in [1.54, 1.807) is 0 Å². The Kier molecular flexibility index (Phi) is 78.5. The third kappa shape index (κ3) is 2560. The van der Waals surface area contributed by atoms with E-state index in [9.17, 15) is 0 Å². The molecule has 0 atom stereocenters. The van der Waals surface area contributed by atoms with Crippen LogP contribution in [0, 0.1) is 0 Å². The standard InChI is InChI=1S/2C2H4O2.CH4O.H2O.Zn/c2*1-2(3)4;1-2;;/h2*1H3,(H,3,4);2H,1H3;1H2;/q;;;;+2/p-2. The Morgan fingerprint density at radius 1 is 1.00 bits per heavy atom. The Morgan fingerprint density at radius 2 is 1.00 bits per heavy atom. The molecule has 0 saturated heterocycles. The molecule has 0 aliphatic heterocycles. The third-order valence-corrected chi connectivity index (χ3v) is 0. The molecule has 0 amide bonds. The second-order valence-electron chi connectivity index (χ2n) is 0.983. The summed E-state index contributed by atoms with van der Waals surface area (Å²) in [5.74, 6) is -2.17. The third-order valence-electron chi connectivity index (χ3n) is 0. The van der Waals surface area contributed by atoms with Crippen LogP contribution in [0.1, 0.15) is 13.8 Å². The van der Waals surface area contributed by atoms with Crippen LogP contribution in [-0.2, 0) is 29.1 Å². The number of rotatable bonds is 0. The maximum atomic E-state index is 8.89. The van der Waals surface area contributed by atoms with Gasteiger partial charge in [-0.3, -0.25) is 0 Å². The molecular weight excluding hydrogens is 221 g/mol.